The lowest BCUT2D eigenvalue weighted by molar-refractivity contribution is -0.133. The van der Waals surface area contributed by atoms with Crippen molar-refractivity contribution in [3.05, 3.63) is 83.0 Å². The molecule has 0 bridgehead atoms. The van der Waals surface area contributed by atoms with Crippen LogP contribution in [0.2, 0.25) is 0 Å². The summed E-state index contributed by atoms with van der Waals surface area (Å²) in [7, 11) is 0. The minimum atomic E-state index is -1.13. The highest BCUT2D eigenvalue weighted by atomic mass is 32.1. The van der Waals surface area contributed by atoms with Gasteiger partial charge < -0.3 is 19.2 Å². The van der Waals surface area contributed by atoms with Crippen molar-refractivity contribution in [2.75, 3.05) is 0 Å². The highest BCUT2D eigenvalue weighted by Crippen LogP contribution is 2.35. The number of hydrogen-bond acceptors (Lipinski definition) is 4. The van der Waals surface area contributed by atoms with Crippen LogP contribution in [0.4, 0.5) is 4.39 Å². The van der Waals surface area contributed by atoms with Gasteiger partial charge in [-0.25, -0.2) is 4.39 Å². The number of carbonyl (C=O) groups is 2. The average Bonchev–Trinajstić information content (AvgIpc) is 3.49. The van der Waals surface area contributed by atoms with Crippen molar-refractivity contribution in [1.82, 2.24) is 14.8 Å². The van der Waals surface area contributed by atoms with E-state index in [9.17, 15) is 14.0 Å². The summed E-state index contributed by atoms with van der Waals surface area (Å²) in [4.78, 5) is 29.5. The smallest absolute Gasteiger partial charge is 0.271 e. The van der Waals surface area contributed by atoms with Crippen molar-refractivity contribution < 1.29 is 18.4 Å². The van der Waals surface area contributed by atoms with Gasteiger partial charge >= 0.3 is 0 Å². The van der Waals surface area contributed by atoms with Crippen LogP contribution in [-0.2, 0) is 24.4 Å². The van der Waals surface area contributed by atoms with Gasteiger partial charge in [-0.15, -0.1) is 11.3 Å². The Morgan fingerprint density at radius 1 is 1.26 bits per heavy atom. The molecule has 0 fully saturated rings. The Labute approximate surface area is 181 Å². The summed E-state index contributed by atoms with van der Waals surface area (Å²) in [5.74, 6) is -0.219. The summed E-state index contributed by atoms with van der Waals surface area (Å²) < 4.78 is 20.6. The van der Waals surface area contributed by atoms with Crippen LogP contribution in [-0.4, -0.2) is 26.8 Å². The first kappa shape index (κ1) is 19.6. The van der Waals surface area contributed by atoms with E-state index in [0.29, 0.717) is 18.0 Å². The van der Waals surface area contributed by atoms with Crippen LogP contribution in [0.15, 0.2) is 64.6 Å². The SMILES string of the molecule is C[C@]1(C(=O)NCc2ccc(F)cc2)Cn2c(cc3ccsc32)C(=O)N1Cc1ccco1. The van der Waals surface area contributed by atoms with Gasteiger partial charge in [-0.3, -0.25) is 9.59 Å². The normalized spacial score (nSPS) is 18.4. The van der Waals surface area contributed by atoms with Gasteiger partial charge in [0.25, 0.3) is 5.91 Å². The van der Waals surface area contributed by atoms with Crippen LogP contribution in [0.5, 0.6) is 0 Å². The molecular weight excluding hydrogens is 417 g/mol. The molecule has 0 saturated carbocycles. The quantitative estimate of drug-likeness (QED) is 0.510. The van der Waals surface area contributed by atoms with E-state index in [0.717, 1.165) is 15.8 Å². The van der Waals surface area contributed by atoms with Crippen molar-refractivity contribution >= 4 is 33.4 Å². The molecule has 0 spiro atoms. The molecule has 6 nitrogen and oxygen atoms in total. The summed E-state index contributed by atoms with van der Waals surface area (Å²) in [6, 6.07) is 13.4. The van der Waals surface area contributed by atoms with E-state index in [1.807, 2.05) is 22.1 Å². The van der Waals surface area contributed by atoms with E-state index >= 15 is 0 Å². The number of rotatable bonds is 5. The Kier molecular flexibility index (Phi) is 4.66. The number of fused-ring (bicyclic) bond motifs is 3. The highest BCUT2D eigenvalue weighted by molar-refractivity contribution is 7.16. The van der Waals surface area contributed by atoms with Crippen molar-refractivity contribution in [3.8, 4) is 0 Å². The first-order chi connectivity index (χ1) is 15.0. The van der Waals surface area contributed by atoms with Gasteiger partial charge in [0.2, 0.25) is 5.91 Å². The largest absolute Gasteiger partial charge is 0.467 e. The average molecular weight is 437 g/mol. The zero-order valence-electron chi connectivity index (χ0n) is 16.8. The molecule has 1 aliphatic rings. The Balaban J connectivity index is 1.49. The third kappa shape index (κ3) is 3.33. The van der Waals surface area contributed by atoms with Gasteiger partial charge in [0.15, 0.2) is 0 Å². The van der Waals surface area contributed by atoms with Gasteiger partial charge in [-0.2, -0.15) is 0 Å². The fraction of sp³-hybridized carbons (Fsp3) is 0.217. The number of hydrogen-bond donors (Lipinski definition) is 1. The lowest BCUT2D eigenvalue weighted by Gasteiger charge is -2.43. The second-order valence-corrected chi connectivity index (χ2v) is 8.75. The summed E-state index contributed by atoms with van der Waals surface area (Å²) in [6.45, 7) is 2.53. The summed E-state index contributed by atoms with van der Waals surface area (Å²) >= 11 is 1.55. The number of amides is 2. The Morgan fingerprint density at radius 2 is 2.06 bits per heavy atom. The Morgan fingerprint density at radius 3 is 2.81 bits per heavy atom. The van der Waals surface area contributed by atoms with Gasteiger partial charge in [-0.05, 0) is 54.3 Å². The predicted octanol–water partition coefficient (Wildman–Crippen LogP) is 4.17. The minimum Gasteiger partial charge on any atom is -0.467 e. The zero-order valence-corrected chi connectivity index (χ0v) is 17.6. The molecule has 5 rings (SSSR count). The lowest BCUT2D eigenvalue weighted by atomic mass is 9.94. The molecule has 3 aromatic heterocycles. The molecule has 0 unspecified atom stereocenters. The highest BCUT2D eigenvalue weighted by Gasteiger charge is 2.48. The Bertz CT molecular complexity index is 1260. The van der Waals surface area contributed by atoms with Crippen molar-refractivity contribution in [1.29, 1.82) is 0 Å². The van der Waals surface area contributed by atoms with Gasteiger partial charge in [0.05, 0.1) is 19.4 Å². The van der Waals surface area contributed by atoms with Crippen LogP contribution >= 0.6 is 11.3 Å². The molecule has 4 aromatic rings. The maximum absolute atomic E-state index is 13.5. The third-order valence-electron chi connectivity index (χ3n) is 5.78. The molecule has 0 saturated heterocycles. The predicted molar refractivity (Wildman–Crippen MR) is 115 cm³/mol. The monoisotopic (exact) mass is 437 g/mol. The van der Waals surface area contributed by atoms with Gasteiger partial charge in [0, 0.05) is 11.9 Å². The molecule has 1 atom stereocenters. The van der Waals surface area contributed by atoms with Gasteiger partial charge in [0.1, 0.15) is 27.6 Å². The van der Waals surface area contributed by atoms with Crippen LogP contribution in [0.1, 0.15) is 28.7 Å². The third-order valence-corrected chi connectivity index (χ3v) is 6.73. The minimum absolute atomic E-state index is 0.186. The molecule has 158 valence electrons. The molecule has 0 aliphatic carbocycles. The molecule has 1 N–H and O–H groups in total. The van der Waals surface area contributed by atoms with E-state index in [1.54, 1.807) is 53.7 Å². The van der Waals surface area contributed by atoms with Crippen molar-refractivity contribution in [2.24, 2.45) is 0 Å². The number of aromatic nitrogens is 1. The number of nitrogens with one attached hydrogen (secondary N) is 1. The molecule has 0 radical (unpaired) electrons. The van der Waals surface area contributed by atoms with E-state index in [1.165, 1.54) is 12.1 Å². The number of furan rings is 1. The topological polar surface area (TPSA) is 67.5 Å². The lowest BCUT2D eigenvalue weighted by Crippen LogP contribution is -2.63. The molecule has 31 heavy (non-hydrogen) atoms. The van der Waals surface area contributed by atoms with Crippen molar-refractivity contribution in [3.63, 3.8) is 0 Å². The van der Waals surface area contributed by atoms with Crippen LogP contribution in [0.25, 0.3) is 10.2 Å². The maximum atomic E-state index is 13.5. The molecular formula is C23H20FN3O3S. The fourth-order valence-corrected chi connectivity index (χ4v) is 4.94. The number of nitrogens with zero attached hydrogens (tertiary/aromatic N) is 2. The molecule has 8 heteroatoms. The Hall–Kier alpha value is -3.39. The zero-order chi connectivity index (χ0) is 21.6. The van der Waals surface area contributed by atoms with Gasteiger partial charge in [-0.1, -0.05) is 12.1 Å². The molecule has 1 aliphatic heterocycles. The van der Waals surface area contributed by atoms with Crippen LogP contribution in [0, 0.1) is 5.82 Å². The maximum Gasteiger partial charge on any atom is 0.271 e. The summed E-state index contributed by atoms with van der Waals surface area (Å²) in [5, 5.41) is 5.89. The molecule has 1 aromatic carbocycles. The number of carbonyl (C=O) groups excluding carboxylic acids is 2. The number of halogens is 1. The number of thiophene rings is 1. The van der Waals surface area contributed by atoms with Crippen molar-refractivity contribution in [2.45, 2.75) is 32.1 Å². The first-order valence-corrected chi connectivity index (χ1v) is 10.8. The van der Waals surface area contributed by atoms with E-state index < -0.39 is 5.54 Å². The van der Waals surface area contributed by atoms with Crippen LogP contribution in [0.3, 0.4) is 0 Å². The molecule has 4 heterocycles. The second kappa shape index (κ2) is 7.39. The summed E-state index contributed by atoms with van der Waals surface area (Å²) in [6.07, 6.45) is 1.55. The van der Waals surface area contributed by atoms with E-state index in [-0.39, 0.29) is 30.7 Å². The van der Waals surface area contributed by atoms with Crippen LogP contribution < -0.4 is 5.32 Å². The van der Waals surface area contributed by atoms with E-state index in [4.69, 9.17) is 4.42 Å². The second-order valence-electron chi connectivity index (χ2n) is 7.85. The molecule has 2 amide bonds. The standard InChI is InChI=1S/C23H20FN3O3S/c1-23(22(29)25-12-15-4-6-17(24)7-5-15)14-26-19(11-16-8-10-31-21(16)26)20(28)27(23)13-18-3-2-9-30-18/h2-11H,12-14H2,1H3,(H,25,29)/t23-/m1/s1. The van der Waals surface area contributed by atoms with E-state index in [2.05, 4.69) is 5.32 Å². The first-order valence-electron chi connectivity index (χ1n) is 9.89. The number of benzene rings is 1. The summed E-state index contributed by atoms with van der Waals surface area (Å²) in [5.41, 5.74) is 0.213. The fourth-order valence-electron chi connectivity index (χ4n) is 4.04.